The van der Waals surface area contributed by atoms with Crippen LogP contribution in [0, 0.1) is 11.6 Å². The number of halogens is 2. The maximum Gasteiger partial charge on any atom is 0.225 e. The van der Waals surface area contributed by atoms with E-state index in [1.807, 2.05) is 18.2 Å². The second kappa shape index (κ2) is 7.58. The summed E-state index contributed by atoms with van der Waals surface area (Å²) in [6.07, 6.45) is 3.63. The second-order valence-corrected chi connectivity index (χ2v) is 7.73. The number of amides is 1. The van der Waals surface area contributed by atoms with Gasteiger partial charge in [0, 0.05) is 29.5 Å². The average Bonchev–Trinajstić information content (AvgIpc) is 3.00. The van der Waals surface area contributed by atoms with Crippen molar-refractivity contribution >= 4 is 11.4 Å². The van der Waals surface area contributed by atoms with Crippen LogP contribution in [0.3, 0.4) is 0 Å². The Kier molecular flexibility index (Phi) is 5.36. The Bertz CT molecular complexity index is 985. The summed E-state index contributed by atoms with van der Waals surface area (Å²) in [4.78, 5) is 12.0. The molecule has 148 valence electrons. The van der Waals surface area contributed by atoms with Crippen LogP contribution in [0.25, 0.3) is 5.52 Å². The molecular weight excluding hydrogens is 364 g/mol. The van der Waals surface area contributed by atoms with Gasteiger partial charge in [-0.2, -0.15) is 5.10 Å². The first-order valence-electron chi connectivity index (χ1n) is 9.02. The van der Waals surface area contributed by atoms with Gasteiger partial charge in [0.15, 0.2) is 0 Å². The Labute approximate surface area is 162 Å². The van der Waals surface area contributed by atoms with E-state index in [1.54, 1.807) is 37.7 Å². The molecule has 0 radical (unpaired) electrons. The maximum absolute atomic E-state index is 14.3. The Hall–Kier alpha value is -2.96. The fourth-order valence-corrected chi connectivity index (χ4v) is 3.32. The minimum Gasteiger partial charge on any atom is -0.493 e. The van der Waals surface area contributed by atoms with Crippen LogP contribution >= 0.6 is 0 Å². The third kappa shape index (κ3) is 3.98. The molecule has 1 aromatic carbocycles. The molecule has 2 heterocycles. The number of aromatic nitrogens is 2. The summed E-state index contributed by atoms with van der Waals surface area (Å²) in [7, 11) is 0. The highest BCUT2D eigenvalue weighted by atomic mass is 19.1. The van der Waals surface area contributed by atoms with Crippen molar-refractivity contribution in [3.8, 4) is 5.75 Å². The topological polar surface area (TPSA) is 69.6 Å². The molecule has 0 aliphatic rings. The molecule has 0 saturated carbocycles. The number of nitrogens with zero attached hydrogens (tertiary/aromatic N) is 2. The van der Waals surface area contributed by atoms with Crippen molar-refractivity contribution in [2.24, 2.45) is 5.73 Å². The van der Waals surface area contributed by atoms with Crippen molar-refractivity contribution in [3.05, 3.63) is 65.5 Å². The lowest BCUT2D eigenvalue weighted by Gasteiger charge is -2.21. The van der Waals surface area contributed by atoms with Crippen molar-refractivity contribution in [2.75, 3.05) is 6.61 Å². The van der Waals surface area contributed by atoms with Gasteiger partial charge < -0.3 is 10.5 Å². The quantitative estimate of drug-likeness (QED) is 0.696. The van der Waals surface area contributed by atoms with E-state index >= 15 is 0 Å². The first-order chi connectivity index (χ1) is 13.2. The number of pyridine rings is 1. The zero-order valence-corrected chi connectivity index (χ0v) is 16.1. The number of carbonyl (C=O) groups is 1. The minimum absolute atomic E-state index is 0.0150. The third-order valence-corrected chi connectivity index (χ3v) is 4.62. The SMILES string of the molecule is CC(C)(C)c1c(F)cc(OCCC(C(N)=O)c2cnn3ccccc23)cc1F. The van der Waals surface area contributed by atoms with Crippen molar-refractivity contribution in [1.29, 1.82) is 0 Å². The molecule has 0 fully saturated rings. The largest absolute Gasteiger partial charge is 0.493 e. The molecule has 0 bridgehead atoms. The molecule has 1 amide bonds. The van der Waals surface area contributed by atoms with Crippen LogP contribution in [0.5, 0.6) is 5.75 Å². The van der Waals surface area contributed by atoms with Gasteiger partial charge >= 0.3 is 0 Å². The van der Waals surface area contributed by atoms with Gasteiger partial charge in [-0.1, -0.05) is 26.8 Å². The highest BCUT2D eigenvalue weighted by Gasteiger charge is 2.25. The van der Waals surface area contributed by atoms with Crippen LogP contribution < -0.4 is 10.5 Å². The van der Waals surface area contributed by atoms with Crippen LogP contribution in [0.2, 0.25) is 0 Å². The molecule has 3 rings (SSSR count). The van der Waals surface area contributed by atoms with Gasteiger partial charge in [0.25, 0.3) is 0 Å². The number of nitrogens with two attached hydrogens (primary N) is 1. The van der Waals surface area contributed by atoms with Gasteiger partial charge in [-0.25, -0.2) is 13.3 Å². The number of ether oxygens (including phenoxy) is 1. The predicted molar refractivity (Wildman–Crippen MR) is 102 cm³/mol. The van der Waals surface area contributed by atoms with E-state index in [1.165, 1.54) is 0 Å². The summed E-state index contributed by atoms with van der Waals surface area (Å²) >= 11 is 0. The smallest absolute Gasteiger partial charge is 0.225 e. The molecule has 0 aliphatic heterocycles. The fraction of sp³-hybridized carbons (Fsp3) is 0.333. The Morgan fingerprint density at radius 2 is 1.93 bits per heavy atom. The van der Waals surface area contributed by atoms with Crippen molar-refractivity contribution in [2.45, 2.75) is 38.5 Å². The van der Waals surface area contributed by atoms with Crippen LogP contribution in [-0.2, 0) is 10.2 Å². The Morgan fingerprint density at radius 1 is 1.25 bits per heavy atom. The van der Waals surface area contributed by atoms with Gasteiger partial charge in [-0.15, -0.1) is 0 Å². The molecule has 3 aromatic rings. The highest BCUT2D eigenvalue weighted by molar-refractivity contribution is 5.84. The third-order valence-electron chi connectivity index (χ3n) is 4.62. The molecule has 5 nitrogen and oxygen atoms in total. The lowest BCUT2D eigenvalue weighted by atomic mass is 9.86. The molecule has 0 saturated heterocycles. The summed E-state index contributed by atoms with van der Waals surface area (Å²) in [5.41, 5.74) is 6.39. The normalized spacial score (nSPS) is 12.9. The Morgan fingerprint density at radius 3 is 2.54 bits per heavy atom. The first kappa shape index (κ1) is 19.8. The summed E-state index contributed by atoms with van der Waals surface area (Å²) in [5.74, 6) is -2.37. The number of rotatable bonds is 6. The van der Waals surface area contributed by atoms with E-state index in [9.17, 15) is 13.6 Å². The van der Waals surface area contributed by atoms with E-state index in [0.29, 0.717) is 5.56 Å². The molecule has 2 N–H and O–H groups in total. The van der Waals surface area contributed by atoms with Gasteiger partial charge in [-0.3, -0.25) is 4.79 Å². The van der Waals surface area contributed by atoms with E-state index in [4.69, 9.17) is 10.5 Å². The van der Waals surface area contributed by atoms with Crippen molar-refractivity contribution < 1.29 is 18.3 Å². The summed E-state index contributed by atoms with van der Waals surface area (Å²) in [5, 5.41) is 4.21. The van der Waals surface area contributed by atoms with Crippen LogP contribution in [0.15, 0.2) is 42.7 Å². The van der Waals surface area contributed by atoms with E-state index in [-0.39, 0.29) is 24.3 Å². The molecule has 0 aliphatic carbocycles. The van der Waals surface area contributed by atoms with Crippen LogP contribution in [0.4, 0.5) is 8.78 Å². The molecule has 7 heteroatoms. The number of hydrogen-bond donors (Lipinski definition) is 1. The Balaban J connectivity index is 1.75. The molecule has 2 aromatic heterocycles. The molecular formula is C21H23F2N3O2. The number of hydrogen-bond acceptors (Lipinski definition) is 3. The minimum atomic E-state index is -0.659. The predicted octanol–water partition coefficient (Wildman–Crippen LogP) is 3.95. The van der Waals surface area contributed by atoms with Crippen molar-refractivity contribution in [1.82, 2.24) is 9.61 Å². The molecule has 0 spiro atoms. The van der Waals surface area contributed by atoms with Crippen LogP contribution in [0.1, 0.15) is 44.2 Å². The van der Waals surface area contributed by atoms with E-state index < -0.39 is 28.9 Å². The summed E-state index contributed by atoms with van der Waals surface area (Å²) in [6, 6.07) is 7.85. The summed E-state index contributed by atoms with van der Waals surface area (Å²) < 4.78 is 35.8. The van der Waals surface area contributed by atoms with Gasteiger partial charge in [0.2, 0.25) is 5.91 Å². The van der Waals surface area contributed by atoms with Crippen molar-refractivity contribution in [3.63, 3.8) is 0 Å². The molecule has 28 heavy (non-hydrogen) atoms. The highest BCUT2D eigenvalue weighted by Crippen LogP contribution is 2.31. The summed E-state index contributed by atoms with van der Waals surface area (Å²) in [6.45, 7) is 5.29. The second-order valence-electron chi connectivity index (χ2n) is 7.73. The zero-order valence-electron chi connectivity index (χ0n) is 16.1. The van der Waals surface area contributed by atoms with Gasteiger partial charge in [0.05, 0.1) is 24.2 Å². The zero-order chi connectivity index (χ0) is 20.5. The number of carbonyl (C=O) groups excluding carboxylic acids is 1. The van der Waals surface area contributed by atoms with Crippen LogP contribution in [-0.4, -0.2) is 22.1 Å². The first-order valence-corrected chi connectivity index (χ1v) is 9.02. The standard InChI is InChI=1S/C21H23F2N3O2/c1-21(2,3)19-16(22)10-13(11-17(19)23)28-9-7-14(20(24)27)15-12-25-26-8-5-4-6-18(15)26/h4-6,8,10-12,14H,7,9H2,1-3H3,(H2,24,27). The van der Waals surface area contributed by atoms with Gasteiger partial charge in [0.1, 0.15) is 17.4 Å². The number of fused-ring (bicyclic) bond motifs is 1. The lowest BCUT2D eigenvalue weighted by molar-refractivity contribution is -0.119. The molecule has 1 unspecified atom stereocenters. The van der Waals surface area contributed by atoms with E-state index in [0.717, 1.165) is 17.6 Å². The number of benzene rings is 1. The lowest BCUT2D eigenvalue weighted by Crippen LogP contribution is -2.23. The van der Waals surface area contributed by atoms with Gasteiger partial charge in [-0.05, 0) is 24.0 Å². The monoisotopic (exact) mass is 387 g/mol. The number of primary amides is 1. The average molecular weight is 387 g/mol. The fourth-order valence-electron chi connectivity index (χ4n) is 3.32. The maximum atomic E-state index is 14.3. The molecule has 1 atom stereocenters. The van der Waals surface area contributed by atoms with E-state index in [2.05, 4.69) is 5.10 Å².